The Balaban J connectivity index is 2.96. The molecule has 14 heavy (non-hydrogen) atoms. The van der Waals surface area contributed by atoms with Gasteiger partial charge in [0.25, 0.3) is 0 Å². The molecule has 0 radical (unpaired) electrons. The number of benzene rings is 1. The normalized spacial score (nSPS) is 12.9. The van der Waals surface area contributed by atoms with Crippen LogP contribution in [0.25, 0.3) is 0 Å². The Morgan fingerprint density at radius 3 is 2.79 bits per heavy atom. The van der Waals surface area contributed by atoms with Crippen LogP contribution in [0.4, 0.5) is 4.39 Å². The van der Waals surface area contributed by atoms with Crippen LogP contribution in [0.5, 0.6) is 0 Å². The van der Waals surface area contributed by atoms with Gasteiger partial charge in [-0.1, -0.05) is 19.1 Å². The van der Waals surface area contributed by atoms with Gasteiger partial charge >= 0.3 is 0 Å². The summed E-state index contributed by atoms with van der Waals surface area (Å²) in [7, 11) is 0. The number of hydrogen-bond acceptors (Lipinski definition) is 2. The largest absolute Gasteiger partial charge is 0.324 e. The third kappa shape index (κ3) is 2.72. The fourth-order valence-electron chi connectivity index (χ4n) is 1.24. The van der Waals surface area contributed by atoms with Gasteiger partial charge in [0, 0.05) is 10.9 Å². The van der Waals surface area contributed by atoms with Crippen molar-refractivity contribution in [1.29, 1.82) is 0 Å². The van der Waals surface area contributed by atoms with Crippen LogP contribution in [-0.2, 0) is 0 Å². The maximum atomic E-state index is 13.5. The minimum atomic E-state index is -0.154. The number of nitrogens with two attached hydrogens (primary N) is 1. The standard InChI is InChI=1S/C11H16FNS/c1-3-7-14-11-9(8(2)13)5-4-6-10(11)12/h4-6,8H,3,7,13H2,1-2H3/t8-/m1/s1. The number of halogens is 1. The Morgan fingerprint density at radius 1 is 1.50 bits per heavy atom. The highest BCUT2D eigenvalue weighted by atomic mass is 32.2. The van der Waals surface area contributed by atoms with Gasteiger partial charge in [-0.15, -0.1) is 11.8 Å². The van der Waals surface area contributed by atoms with Crippen LogP contribution in [0, 0.1) is 5.82 Å². The molecule has 0 saturated heterocycles. The maximum absolute atomic E-state index is 13.5. The van der Waals surface area contributed by atoms with Crippen LogP contribution in [0.3, 0.4) is 0 Å². The highest BCUT2D eigenvalue weighted by Crippen LogP contribution is 2.29. The summed E-state index contributed by atoms with van der Waals surface area (Å²) < 4.78 is 13.5. The van der Waals surface area contributed by atoms with Gasteiger partial charge in [-0.2, -0.15) is 0 Å². The first-order valence-electron chi connectivity index (χ1n) is 4.83. The van der Waals surface area contributed by atoms with E-state index < -0.39 is 0 Å². The molecule has 1 aromatic carbocycles. The van der Waals surface area contributed by atoms with Gasteiger partial charge in [0.15, 0.2) is 0 Å². The van der Waals surface area contributed by atoms with Gasteiger partial charge < -0.3 is 5.73 Å². The van der Waals surface area contributed by atoms with Crippen molar-refractivity contribution in [3.05, 3.63) is 29.6 Å². The Bertz CT molecular complexity index is 299. The summed E-state index contributed by atoms with van der Waals surface area (Å²) in [5.41, 5.74) is 6.68. The molecular weight excluding hydrogens is 197 g/mol. The molecule has 0 saturated carbocycles. The molecule has 0 bridgehead atoms. The van der Waals surface area contributed by atoms with Crippen LogP contribution in [0.2, 0.25) is 0 Å². The van der Waals surface area contributed by atoms with E-state index in [0.29, 0.717) is 4.90 Å². The molecular formula is C11H16FNS. The highest BCUT2D eigenvalue weighted by molar-refractivity contribution is 7.99. The van der Waals surface area contributed by atoms with Crippen LogP contribution in [0.1, 0.15) is 31.9 Å². The molecule has 0 aliphatic rings. The van der Waals surface area contributed by atoms with Crippen molar-refractivity contribution < 1.29 is 4.39 Å². The van der Waals surface area contributed by atoms with Crippen LogP contribution in [-0.4, -0.2) is 5.75 Å². The first-order chi connectivity index (χ1) is 6.66. The minimum Gasteiger partial charge on any atom is -0.324 e. The smallest absolute Gasteiger partial charge is 0.137 e. The van der Waals surface area contributed by atoms with Gasteiger partial charge in [-0.25, -0.2) is 4.39 Å². The van der Waals surface area contributed by atoms with Crippen LogP contribution in [0.15, 0.2) is 23.1 Å². The van der Waals surface area contributed by atoms with E-state index in [-0.39, 0.29) is 11.9 Å². The van der Waals surface area contributed by atoms with Crippen LogP contribution < -0.4 is 5.73 Å². The van der Waals surface area contributed by atoms with Crippen molar-refractivity contribution in [2.45, 2.75) is 31.2 Å². The Labute approximate surface area is 88.9 Å². The lowest BCUT2D eigenvalue weighted by Crippen LogP contribution is -2.07. The molecule has 1 nitrogen and oxygen atoms in total. The lowest BCUT2D eigenvalue weighted by molar-refractivity contribution is 0.591. The molecule has 0 spiro atoms. The van der Waals surface area contributed by atoms with E-state index in [4.69, 9.17) is 5.73 Å². The van der Waals surface area contributed by atoms with Gasteiger partial charge in [-0.05, 0) is 30.7 Å². The molecule has 0 amide bonds. The summed E-state index contributed by atoms with van der Waals surface area (Å²) in [5, 5.41) is 0. The Morgan fingerprint density at radius 2 is 2.21 bits per heavy atom. The van der Waals surface area contributed by atoms with Gasteiger partial charge in [0.2, 0.25) is 0 Å². The molecule has 2 N–H and O–H groups in total. The summed E-state index contributed by atoms with van der Waals surface area (Å²) in [4.78, 5) is 0.712. The number of thioether (sulfide) groups is 1. The van der Waals surface area contributed by atoms with E-state index in [1.807, 2.05) is 13.0 Å². The summed E-state index contributed by atoms with van der Waals surface area (Å²) in [6.07, 6.45) is 1.04. The molecule has 1 atom stereocenters. The zero-order chi connectivity index (χ0) is 10.6. The summed E-state index contributed by atoms with van der Waals surface area (Å²) in [6.45, 7) is 3.96. The molecule has 3 heteroatoms. The highest BCUT2D eigenvalue weighted by Gasteiger charge is 2.11. The van der Waals surface area contributed by atoms with E-state index in [2.05, 4.69) is 6.92 Å². The summed E-state index contributed by atoms with van der Waals surface area (Å²) in [6, 6.07) is 4.99. The lowest BCUT2D eigenvalue weighted by atomic mass is 10.1. The molecule has 0 heterocycles. The topological polar surface area (TPSA) is 26.0 Å². The summed E-state index contributed by atoms with van der Waals surface area (Å²) >= 11 is 1.55. The Hall–Kier alpha value is -0.540. The Kier molecular flexibility index (Phi) is 4.42. The zero-order valence-corrected chi connectivity index (χ0v) is 9.40. The van der Waals surface area contributed by atoms with E-state index in [9.17, 15) is 4.39 Å². The quantitative estimate of drug-likeness (QED) is 0.776. The molecule has 0 aliphatic carbocycles. The molecule has 78 valence electrons. The fourth-order valence-corrected chi connectivity index (χ4v) is 2.28. The first kappa shape index (κ1) is 11.5. The second kappa shape index (κ2) is 5.37. The monoisotopic (exact) mass is 213 g/mol. The van der Waals surface area contributed by atoms with Crippen molar-refractivity contribution >= 4 is 11.8 Å². The van der Waals surface area contributed by atoms with E-state index in [0.717, 1.165) is 17.7 Å². The van der Waals surface area contributed by atoms with Crippen molar-refractivity contribution in [2.24, 2.45) is 5.73 Å². The van der Waals surface area contributed by atoms with Gasteiger partial charge in [0.1, 0.15) is 5.82 Å². The molecule has 1 aromatic rings. The fraction of sp³-hybridized carbons (Fsp3) is 0.455. The van der Waals surface area contributed by atoms with Crippen molar-refractivity contribution in [3.8, 4) is 0 Å². The molecule has 1 rings (SSSR count). The number of rotatable bonds is 4. The second-order valence-corrected chi connectivity index (χ2v) is 4.40. The van der Waals surface area contributed by atoms with Crippen LogP contribution >= 0.6 is 11.8 Å². The summed E-state index contributed by atoms with van der Waals surface area (Å²) in [5.74, 6) is 0.777. The number of hydrogen-bond donors (Lipinski definition) is 1. The second-order valence-electron chi connectivity index (χ2n) is 3.30. The van der Waals surface area contributed by atoms with E-state index in [1.54, 1.807) is 17.8 Å². The minimum absolute atomic E-state index is 0.106. The third-order valence-corrected chi connectivity index (χ3v) is 3.27. The zero-order valence-electron chi connectivity index (χ0n) is 8.59. The third-order valence-electron chi connectivity index (χ3n) is 1.94. The molecule has 0 unspecified atom stereocenters. The van der Waals surface area contributed by atoms with Gasteiger partial charge in [0.05, 0.1) is 0 Å². The van der Waals surface area contributed by atoms with Gasteiger partial charge in [-0.3, -0.25) is 0 Å². The predicted molar refractivity (Wildman–Crippen MR) is 60.0 cm³/mol. The van der Waals surface area contributed by atoms with Crippen molar-refractivity contribution in [3.63, 3.8) is 0 Å². The average Bonchev–Trinajstić information content (AvgIpc) is 2.15. The van der Waals surface area contributed by atoms with E-state index in [1.165, 1.54) is 6.07 Å². The maximum Gasteiger partial charge on any atom is 0.137 e. The SMILES string of the molecule is CCCSc1c(F)cccc1[C@@H](C)N. The first-order valence-corrected chi connectivity index (χ1v) is 5.82. The lowest BCUT2D eigenvalue weighted by Gasteiger charge is -2.12. The molecule has 0 aromatic heterocycles. The average molecular weight is 213 g/mol. The predicted octanol–water partition coefficient (Wildman–Crippen LogP) is 3.35. The van der Waals surface area contributed by atoms with Crippen molar-refractivity contribution in [2.75, 3.05) is 5.75 Å². The molecule has 0 aliphatic heterocycles. The molecule has 0 fully saturated rings. The van der Waals surface area contributed by atoms with E-state index >= 15 is 0 Å². The van der Waals surface area contributed by atoms with Crippen molar-refractivity contribution in [1.82, 2.24) is 0 Å².